The van der Waals surface area contributed by atoms with E-state index in [9.17, 15) is 13.2 Å². The summed E-state index contributed by atoms with van der Waals surface area (Å²) >= 11 is 0. The van der Waals surface area contributed by atoms with Crippen LogP contribution < -0.4 is 5.32 Å². The van der Waals surface area contributed by atoms with E-state index in [0.29, 0.717) is 24.6 Å². The van der Waals surface area contributed by atoms with Crippen LogP contribution >= 0.6 is 0 Å². The zero-order chi connectivity index (χ0) is 14.3. The Bertz CT molecular complexity index is 487. The third-order valence-electron chi connectivity index (χ3n) is 4.67. The van der Waals surface area contributed by atoms with Crippen LogP contribution in [0.15, 0.2) is 0 Å². The Morgan fingerprint density at radius 1 is 1.30 bits per heavy atom. The lowest BCUT2D eigenvalue weighted by molar-refractivity contribution is -0.148. The van der Waals surface area contributed by atoms with Gasteiger partial charge in [-0.2, -0.15) is 13.2 Å². The first-order valence-corrected chi connectivity index (χ1v) is 7.36. The fourth-order valence-electron chi connectivity index (χ4n) is 3.62. The maximum atomic E-state index is 13.3. The van der Waals surface area contributed by atoms with Gasteiger partial charge in [0.15, 0.2) is 0 Å². The SMILES string of the molecule is CC(C1CCCC1)n1c(C(F)(F)F)nc2c1CCNC2. The zero-order valence-electron chi connectivity index (χ0n) is 11.6. The van der Waals surface area contributed by atoms with Crippen LogP contribution in [0.25, 0.3) is 0 Å². The molecule has 3 nitrogen and oxygen atoms in total. The number of halogens is 3. The molecule has 3 rings (SSSR count). The van der Waals surface area contributed by atoms with E-state index in [1.165, 1.54) is 4.57 Å². The molecule has 0 bridgehead atoms. The first kappa shape index (κ1) is 13.9. The van der Waals surface area contributed by atoms with Crippen molar-refractivity contribution in [2.75, 3.05) is 6.54 Å². The van der Waals surface area contributed by atoms with Crippen LogP contribution in [0.3, 0.4) is 0 Å². The van der Waals surface area contributed by atoms with Gasteiger partial charge in [-0.25, -0.2) is 4.98 Å². The van der Waals surface area contributed by atoms with E-state index < -0.39 is 12.0 Å². The molecule has 1 aliphatic carbocycles. The summed E-state index contributed by atoms with van der Waals surface area (Å²) in [6, 6.07) is -0.108. The van der Waals surface area contributed by atoms with Gasteiger partial charge in [-0.05, 0) is 25.7 Å². The minimum absolute atomic E-state index is 0.108. The van der Waals surface area contributed by atoms with Gasteiger partial charge in [0.2, 0.25) is 5.82 Å². The lowest BCUT2D eigenvalue weighted by Gasteiger charge is -2.26. The molecule has 1 fully saturated rings. The molecule has 1 N–H and O–H groups in total. The summed E-state index contributed by atoms with van der Waals surface area (Å²) in [5, 5.41) is 3.10. The molecule has 1 aromatic heterocycles. The number of nitrogens with one attached hydrogen (secondary N) is 1. The van der Waals surface area contributed by atoms with Crippen LogP contribution in [0, 0.1) is 5.92 Å². The molecule has 1 aliphatic heterocycles. The van der Waals surface area contributed by atoms with Gasteiger partial charge in [0.25, 0.3) is 0 Å². The van der Waals surface area contributed by atoms with Gasteiger partial charge in [-0.15, -0.1) is 0 Å². The summed E-state index contributed by atoms with van der Waals surface area (Å²) in [5.74, 6) is -0.352. The number of alkyl halides is 3. The van der Waals surface area contributed by atoms with Crippen molar-refractivity contribution in [2.24, 2.45) is 5.92 Å². The Balaban J connectivity index is 2.04. The maximum absolute atomic E-state index is 13.3. The first-order valence-electron chi connectivity index (χ1n) is 7.36. The number of nitrogens with zero attached hydrogens (tertiary/aromatic N) is 2. The van der Waals surface area contributed by atoms with Gasteiger partial charge in [-0.1, -0.05) is 12.8 Å². The fraction of sp³-hybridized carbons (Fsp3) is 0.786. The van der Waals surface area contributed by atoms with Gasteiger partial charge in [0.1, 0.15) is 0 Å². The molecule has 20 heavy (non-hydrogen) atoms. The van der Waals surface area contributed by atoms with E-state index in [1.807, 2.05) is 6.92 Å². The summed E-state index contributed by atoms with van der Waals surface area (Å²) in [5.41, 5.74) is 1.36. The van der Waals surface area contributed by atoms with Crippen molar-refractivity contribution >= 4 is 0 Å². The first-order chi connectivity index (χ1) is 9.48. The number of aromatic nitrogens is 2. The average Bonchev–Trinajstić information content (AvgIpc) is 3.04. The summed E-state index contributed by atoms with van der Waals surface area (Å²) in [6.07, 6.45) is 0.594. The normalized spacial score (nSPS) is 22.0. The van der Waals surface area contributed by atoms with Gasteiger partial charge >= 0.3 is 6.18 Å². The number of imidazole rings is 1. The largest absolute Gasteiger partial charge is 0.449 e. The summed E-state index contributed by atoms with van der Waals surface area (Å²) in [6.45, 7) is 3.10. The molecule has 2 heterocycles. The molecule has 1 aromatic rings. The molecule has 0 amide bonds. The lowest BCUT2D eigenvalue weighted by atomic mass is 9.98. The third-order valence-corrected chi connectivity index (χ3v) is 4.67. The Labute approximate surface area is 116 Å². The quantitative estimate of drug-likeness (QED) is 0.904. The van der Waals surface area contributed by atoms with Gasteiger partial charge in [0, 0.05) is 31.2 Å². The van der Waals surface area contributed by atoms with Crippen molar-refractivity contribution in [3.8, 4) is 0 Å². The van der Waals surface area contributed by atoms with E-state index in [2.05, 4.69) is 10.3 Å². The van der Waals surface area contributed by atoms with Crippen molar-refractivity contribution in [1.29, 1.82) is 0 Å². The number of rotatable bonds is 2. The van der Waals surface area contributed by atoms with Gasteiger partial charge < -0.3 is 9.88 Å². The molecule has 1 atom stereocenters. The highest BCUT2D eigenvalue weighted by Crippen LogP contribution is 2.39. The predicted molar refractivity (Wildman–Crippen MR) is 69.3 cm³/mol. The molecule has 6 heteroatoms. The van der Waals surface area contributed by atoms with E-state index >= 15 is 0 Å². The molecule has 1 unspecified atom stereocenters. The summed E-state index contributed by atoms with van der Waals surface area (Å²) < 4.78 is 41.3. The molecule has 0 spiro atoms. The van der Waals surface area contributed by atoms with Crippen molar-refractivity contribution in [2.45, 2.75) is 57.8 Å². The second-order valence-corrected chi connectivity index (χ2v) is 5.91. The predicted octanol–water partition coefficient (Wildman–Crippen LogP) is 3.30. The Morgan fingerprint density at radius 3 is 2.65 bits per heavy atom. The fourth-order valence-corrected chi connectivity index (χ4v) is 3.62. The highest BCUT2D eigenvalue weighted by molar-refractivity contribution is 5.23. The average molecular weight is 287 g/mol. The van der Waals surface area contributed by atoms with Crippen LogP contribution in [0.1, 0.15) is 55.9 Å². The number of fused-ring (bicyclic) bond motifs is 1. The van der Waals surface area contributed by atoms with Crippen LogP contribution in [0.5, 0.6) is 0 Å². The highest BCUT2D eigenvalue weighted by atomic mass is 19.4. The van der Waals surface area contributed by atoms with Crippen LogP contribution in [0.4, 0.5) is 13.2 Å². The smallest absolute Gasteiger partial charge is 0.321 e. The second-order valence-electron chi connectivity index (χ2n) is 5.91. The molecular weight excluding hydrogens is 267 g/mol. The molecular formula is C14H20F3N3. The molecule has 2 aliphatic rings. The Morgan fingerprint density at radius 2 is 2.00 bits per heavy atom. The van der Waals surface area contributed by atoms with Crippen LogP contribution in [-0.2, 0) is 19.1 Å². The number of hydrogen-bond acceptors (Lipinski definition) is 2. The highest BCUT2D eigenvalue weighted by Gasteiger charge is 2.41. The summed E-state index contributed by atoms with van der Waals surface area (Å²) in [4.78, 5) is 3.89. The molecule has 0 radical (unpaired) electrons. The molecule has 112 valence electrons. The van der Waals surface area contributed by atoms with Crippen molar-refractivity contribution in [3.63, 3.8) is 0 Å². The van der Waals surface area contributed by atoms with Crippen molar-refractivity contribution < 1.29 is 13.2 Å². The number of hydrogen-bond donors (Lipinski definition) is 1. The van der Waals surface area contributed by atoms with Gasteiger partial charge in [0.05, 0.1) is 5.69 Å². The third kappa shape index (κ3) is 2.34. The lowest BCUT2D eigenvalue weighted by Crippen LogP contribution is -2.28. The minimum Gasteiger partial charge on any atom is -0.321 e. The van der Waals surface area contributed by atoms with Crippen molar-refractivity contribution in [3.05, 3.63) is 17.2 Å². The van der Waals surface area contributed by atoms with E-state index in [0.717, 1.165) is 37.9 Å². The summed E-state index contributed by atoms with van der Waals surface area (Å²) in [7, 11) is 0. The van der Waals surface area contributed by atoms with Crippen LogP contribution in [0.2, 0.25) is 0 Å². The monoisotopic (exact) mass is 287 g/mol. The van der Waals surface area contributed by atoms with Crippen LogP contribution in [-0.4, -0.2) is 16.1 Å². The Kier molecular flexibility index (Phi) is 3.52. The van der Waals surface area contributed by atoms with Crippen molar-refractivity contribution in [1.82, 2.24) is 14.9 Å². The maximum Gasteiger partial charge on any atom is 0.449 e. The van der Waals surface area contributed by atoms with E-state index in [4.69, 9.17) is 0 Å². The Hall–Kier alpha value is -1.04. The standard InChI is InChI=1S/C14H20F3N3/c1-9(10-4-2-3-5-10)20-12-6-7-18-8-11(12)19-13(20)14(15,16)17/h9-10,18H,2-8H2,1H3. The van der Waals surface area contributed by atoms with Gasteiger partial charge in [-0.3, -0.25) is 0 Å². The van der Waals surface area contributed by atoms with E-state index in [1.54, 1.807) is 0 Å². The molecule has 0 saturated heterocycles. The zero-order valence-corrected chi connectivity index (χ0v) is 11.6. The van der Waals surface area contributed by atoms with E-state index in [-0.39, 0.29) is 6.04 Å². The molecule has 0 aromatic carbocycles. The topological polar surface area (TPSA) is 29.9 Å². The molecule has 1 saturated carbocycles. The second kappa shape index (κ2) is 5.06. The minimum atomic E-state index is -4.37.